The molecule has 0 aromatic heterocycles. The monoisotopic (exact) mass is 395 g/mol. The normalized spacial score (nSPS) is 19.5. The van der Waals surface area contributed by atoms with E-state index in [4.69, 9.17) is 16.3 Å². The predicted molar refractivity (Wildman–Crippen MR) is 96.8 cm³/mol. The molecule has 2 amide bonds. The first-order valence-electron chi connectivity index (χ1n) is 8.32. The molecule has 1 aromatic rings. The summed E-state index contributed by atoms with van der Waals surface area (Å²) >= 11 is 0. The molecule has 12 heteroatoms. The number of halogens is 2. The Morgan fingerprint density at radius 2 is 2.04 bits per heavy atom. The van der Waals surface area contributed by atoms with E-state index in [1.54, 1.807) is 0 Å². The largest absolute Gasteiger partial charge is 0.442 e. The van der Waals surface area contributed by atoms with Gasteiger partial charge in [-0.1, -0.05) is 0 Å². The minimum Gasteiger partial charge on any atom is -0.442 e. The van der Waals surface area contributed by atoms with Crippen molar-refractivity contribution in [2.75, 3.05) is 36.0 Å². The van der Waals surface area contributed by atoms with Gasteiger partial charge in [0.15, 0.2) is 11.6 Å². The summed E-state index contributed by atoms with van der Waals surface area (Å²) in [6.45, 7) is 0.594. The number of nitrogens with zero attached hydrogens (tertiary/aromatic N) is 5. The molecule has 10 nitrogen and oxygen atoms in total. The molecular weight excluding hydrogens is 376 g/mol. The molecule has 4 N–H and O–H groups in total. The van der Waals surface area contributed by atoms with Crippen LogP contribution in [-0.4, -0.2) is 61.1 Å². The number of hydrogen-bond donors (Lipinski definition) is 2. The first-order chi connectivity index (χ1) is 13.4. The molecule has 3 rings (SSSR count). The summed E-state index contributed by atoms with van der Waals surface area (Å²) in [5.41, 5.74) is 4.94. The number of hydrazine groups is 1. The van der Waals surface area contributed by atoms with Crippen LogP contribution in [0, 0.1) is 11.6 Å². The van der Waals surface area contributed by atoms with Crippen molar-refractivity contribution in [2.45, 2.75) is 6.10 Å². The number of carbonyl (C=O) groups is 2. The van der Waals surface area contributed by atoms with Crippen LogP contribution in [0.5, 0.6) is 0 Å². The Bertz CT molecular complexity index is 796. The molecule has 150 valence electrons. The van der Waals surface area contributed by atoms with E-state index in [2.05, 4.69) is 5.10 Å². The zero-order chi connectivity index (χ0) is 20.3. The summed E-state index contributed by atoms with van der Waals surface area (Å²) in [5, 5.41) is 6.12. The van der Waals surface area contributed by atoms with Crippen molar-refractivity contribution in [3.8, 4) is 0 Å². The lowest BCUT2D eigenvalue weighted by Gasteiger charge is -2.27. The number of anilines is 2. The minimum atomic E-state index is -0.872. The molecule has 2 aliphatic heterocycles. The van der Waals surface area contributed by atoms with E-state index in [0.29, 0.717) is 6.41 Å². The summed E-state index contributed by atoms with van der Waals surface area (Å²) in [4.78, 5) is 25.1. The van der Waals surface area contributed by atoms with Crippen LogP contribution >= 0.6 is 0 Å². The fourth-order valence-electron chi connectivity index (χ4n) is 2.92. The van der Waals surface area contributed by atoms with Crippen molar-refractivity contribution < 1.29 is 23.1 Å². The van der Waals surface area contributed by atoms with Crippen molar-refractivity contribution >= 4 is 30.2 Å². The Kier molecular flexibility index (Phi) is 5.59. The lowest BCUT2D eigenvalue weighted by molar-refractivity contribution is -0.118. The second-order valence-corrected chi connectivity index (χ2v) is 6.11. The summed E-state index contributed by atoms with van der Waals surface area (Å²) in [7, 11) is 0. The highest BCUT2D eigenvalue weighted by Crippen LogP contribution is 2.31. The average molecular weight is 395 g/mol. The van der Waals surface area contributed by atoms with E-state index < -0.39 is 23.8 Å². The van der Waals surface area contributed by atoms with Crippen LogP contribution < -0.4 is 21.4 Å². The molecule has 1 atom stereocenters. The van der Waals surface area contributed by atoms with Gasteiger partial charge in [0.05, 0.1) is 25.3 Å². The van der Waals surface area contributed by atoms with E-state index in [1.807, 2.05) is 0 Å². The van der Waals surface area contributed by atoms with Crippen LogP contribution in [0.3, 0.4) is 0 Å². The lowest BCUT2D eigenvalue weighted by Crippen LogP contribution is -2.38. The minimum absolute atomic E-state index is 0.0210. The van der Waals surface area contributed by atoms with Gasteiger partial charge in [-0.05, 0) is 0 Å². The fraction of sp³-hybridized carbons (Fsp3) is 0.312. The quantitative estimate of drug-likeness (QED) is 0.399. The Morgan fingerprint density at radius 1 is 1.32 bits per heavy atom. The first-order valence-corrected chi connectivity index (χ1v) is 8.32. The van der Waals surface area contributed by atoms with Gasteiger partial charge in [-0.3, -0.25) is 9.69 Å². The fourth-order valence-corrected chi connectivity index (χ4v) is 2.92. The van der Waals surface area contributed by atoms with Gasteiger partial charge in [0.2, 0.25) is 6.41 Å². The Hall–Kier alpha value is -3.41. The topological polar surface area (TPSA) is 121 Å². The molecule has 2 aliphatic rings. The third-order valence-electron chi connectivity index (χ3n) is 4.20. The van der Waals surface area contributed by atoms with Gasteiger partial charge < -0.3 is 20.4 Å². The van der Waals surface area contributed by atoms with E-state index in [-0.39, 0.29) is 37.6 Å². The van der Waals surface area contributed by atoms with Crippen molar-refractivity contribution in [2.24, 2.45) is 16.7 Å². The molecular formula is C16H19F2N7O3. The number of hydrazone groups is 1. The number of amides is 2. The Labute approximate surface area is 159 Å². The highest BCUT2D eigenvalue weighted by Gasteiger charge is 2.34. The van der Waals surface area contributed by atoms with Crippen LogP contribution in [0.4, 0.5) is 25.0 Å². The van der Waals surface area contributed by atoms with Crippen molar-refractivity contribution in [3.63, 3.8) is 0 Å². The SMILES string of the molecule is N/C=C\N(N)CC1CN(c2cc(F)c(N3C=NN(C=O)CC3)c(F)c2)C(=O)O1. The average Bonchev–Trinajstić information content (AvgIpc) is 3.02. The van der Waals surface area contributed by atoms with E-state index in [1.165, 1.54) is 28.6 Å². The highest BCUT2D eigenvalue weighted by atomic mass is 19.1. The molecule has 1 unspecified atom stereocenters. The maximum absolute atomic E-state index is 14.6. The Morgan fingerprint density at radius 3 is 2.61 bits per heavy atom. The predicted octanol–water partition coefficient (Wildman–Crippen LogP) is 0.117. The van der Waals surface area contributed by atoms with Gasteiger partial charge in [0.1, 0.15) is 18.1 Å². The van der Waals surface area contributed by atoms with Gasteiger partial charge in [0, 0.05) is 31.1 Å². The van der Waals surface area contributed by atoms with E-state index in [0.717, 1.165) is 22.0 Å². The zero-order valence-corrected chi connectivity index (χ0v) is 14.7. The smallest absolute Gasteiger partial charge is 0.414 e. The number of benzene rings is 1. The molecule has 0 bridgehead atoms. The number of cyclic esters (lactones) is 1. The van der Waals surface area contributed by atoms with Crippen molar-refractivity contribution in [1.29, 1.82) is 0 Å². The summed E-state index contributed by atoms with van der Waals surface area (Å²) in [5.74, 6) is 3.91. The van der Waals surface area contributed by atoms with E-state index >= 15 is 0 Å². The lowest BCUT2D eigenvalue weighted by atomic mass is 10.2. The number of hydrogen-bond acceptors (Lipinski definition) is 8. The number of ether oxygens (including phenoxy) is 1. The molecule has 1 aromatic carbocycles. The molecule has 1 saturated heterocycles. The molecule has 1 fully saturated rings. The third kappa shape index (κ3) is 3.96. The van der Waals surface area contributed by atoms with Crippen molar-refractivity contribution in [3.05, 3.63) is 36.2 Å². The maximum atomic E-state index is 14.6. The molecule has 0 radical (unpaired) electrons. The van der Waals surface area contributed by atoms with Crippen LogP contribution in [0.15, 0.2) is 29.6 Å². The first kappa shape index (κ1) is 19.4. The summed E-state index contributed by atoms with van der Waals surface area (Å²) in [6, 6.07) is 2.09. The summed E-state index contributed by atoms with van der Waals surface area (Å²) < 4.78 is 34.4. The zero-order valence-electron chi connectivity index (χ0n) is 14.7. The van der Waals surface area contributed by atoms with Gasteiger partial charge in [-0.25, -0.2) is 24.4 Å². The maximum Gasteiger partial charge on any atom is 0.414 e. The van der Waals surface area contributed by atoms with E-state index in [9.17, 15) is 18.4 Å². The van der Waals surface area contributed by atoms with Crippen LogP contribution in [-0.2, 0) is 9.53 Å². The number of carbonyl (C=O) groups excluding carboxylic acids is 2. The third-order valence-corrected chi connectivity index (χ3v) is 4.20. The Balaban J connectivity index is 1.77. The molecule has 0 aliphatic carbocycles. The van der Waals surface area contributed by atoms with Crippen LogP contribution in [0.25, 0.3) is 0 Å². The van der Waals surface area contributed by atoms with Gasteiger partial charge in [-0.2, -0.15) is 5.10 Å². The van der Waals surface area contributed by atoms with Crippen LogP contribution in [0.1, 0.15) is 0 Å². The number of nitrogens with two attached hydrogens (primary N) is 2. The number of rotatable bonds is 6. The van der Waals surface area contributed by atoms with Crippen LogP contribution in [0.2, 0.25) is 0 Å². The summed E-state index contributed by atoms with van der Waals surface area (Å²) in [6.07, 6.45) is 2.99. The molecule has 0 saturated carbocycles. The van der Waals surface area contributed by atoms with Gasteiger partial charge >= 0.3 is 6.09 Å². The van der Waals surface area contributed by atoms with Gasteiger partial charge in [0.25, 0.3) is 0 Å². The standard InChI is InChI=1S/C16H19F2N7O3/c17-13-5-11(25-8-12(28-16(25)27)7-23(20)2-1-19)6-14(18)15(13)22-3-4-24(10-26)21-9-22/h1-2,5-6,9-10,12H,3-4,7-8,19-20H2/b2-1-. The molecule has 0 spiro atoms. The second-order valence-electron chi connectivity index (χ2n) is 6.11. The second kappa shape index (κ2) is 8.08. The van der Waals surface area contributed by atoms with Crippen molar-refractivity contribution in [1.82, 2.24) is 10.0 Å². The van der Waals surface area contributed by atoms with Gasteiger partial charge in [-0.15, -0.1) is 0 Å². The molecule has 2 heterocycles. The molecule has 28 heavy (non-hydrogen) atoms. The highest BCUT2D eigenvalue weighted by molar-refractivity contribution is 5.90.